The van der Waals surface area contributed by atoms with E-state index in [9.17, 15) is 5.11 Å². The molecule has 0 aliphatic rings. The van der Waals surface area contributed by atoms with Gasteiger partial charge in [-0.15, -0.1) is 0 Å². The van der Waals surface area contributed by atoms with Gasteiger partial charge in [-0.1, -0.05) is 24.0 Å². The lowest BCUT2D eigenvalue weighted by Gasteiger charge is -1.93. The third kappa shape index (κ3) is 2.96. The molecule has 0 aliphatic heterocycles. The summed E-state index contributed by atoms with van der Waals surface area (Å²) in [6.45, 7) is 1.80. The van der Waals surface area contributed by atoms with Crippen LogP contribution in [0.5, 0.6) is 5.75 Å². The van der Waals surface area contributed by atoms with Crippen molar-refractivity contribution < 1.29 is 10.2 Å². The van der Waals surface area contributed by atoms with Crippen LogP contribution >= 0.6 is 0 Å². The van der Waals surface area contributed by atoms with E-state index in [1.807, 2.05) is 13.0 Å². The predicted octanol–water partition coefficient (Wildman–Crippen LogP) is 1.68. The Hall–Kier alpha value is -1.72. The Balaban J connectivity index is 2.88. The van der Waals surface area contributed by atoms with Crippen molar-refractivity contribution in [2.75, 3.05) is 6.61 Å². The standard InChI is InChI=1S/C12H12O2/c1-10(8-9-13)6-7-11-4-2-3-5-12(11)14/h2-5,8,13-14H,9H2,1H3/b10-8+. The molecule has 0 unspecified atom stereocenters. The Bertz CT molecular complexity index is 394. The Morgan fingerprint density at radius 1 is 1.43 bits per heavy atom. The van der Waals surface area contributed by atoms with Crippen LogP contribution in [-0.4, -0.2) is 16.8 Å². The van der Waals surface area contributed by atoms with E-state index in [-0.39, 0.29) is 12.4 Å². The second kappa shape index (κ2) is 5.11. The average molecular weight is 188 g/mol. The number of aliphatic hydroxyl groups excluding tert-OH is 1. The number of hydrogen-bond donors (Lipinski definition) is 2. The zero-order chi connectivity index (χ0) is 10.4. The molecule has 0 saturated heterocycles. The average Bonchev–Trinajstić information content (AvgIpc) is 2.17. The molecule has 0 amide bonds. The first-order valence-electron chi connectivity index (χ1n) is 4.31. The number of rotatable bonds is 1. The summed E-state index contributed by atoms with van der Waals surface area (Å²) in [7, 11) is 0. The Labute approximate surface area is 83.5 Å². The van der Waals surface area contributed by atoms with Crippen LogP contribution in [0.4, 0.5) is 0 Å². The van der Waals surface area contributed by atoms with Crippen LogP contribution < -0.4 is 0 Å². The molecule has 0 saturated carbocycles. The van der Waals surface area contributed by atoms with Crippen molar-refractivity contribution >= 4 is 0 Å². The van der Waals surface area contributed by atoms with Gasteiger partial charge in [0.2, 0.25) is 0 Å². The molecule has 0 fully saturated rings. The van der Waals surface area contributed by atoms with E-state index in [1.54, 1.807) is 24.3 Å². The van der Waals surface area contributed by atoms with Gasteiger partial charge in [-0.25, -0.2) is 0 Å². The highest BCUT2D eigenvalue weighted by molar-refractivity contribution is 5.47. The maximum atomic E-state index is 9.38. The maximum absolute atomic E-state index is 9.38. The Kier molecular flexibility index (Phi) is 3.78. The minimum atomic E-state index is -0.0126. The van der Waals surface area contributed by atoms with Crippen molar-refractivity contribution in [1.82, 2.24) is 0 Å². The molecule has 14 heavy (non-hydrogen) atoms. The van der Waals surface area contributed by atoms with Crippen LogP contribution in [0.15, 0.2) is 35.9 Å². The zero-order valence-electron chi connectivity index (χ0n) is 7.99. The third-order valence-corrected chi connectivity index (χ3v) is 1.70. The quantitative estimate of drug-likeness (QED) is 0.658. The molecule has 1 aromatic carbocycles. The van der Waals surface area contributed by atoms with Gasteiger partial charge in [0.05, 0.1) is 12.2 Å². The predicted molar refractivity (Wildman–Crippen MR) is 55.8 cm³/mol. The van der Waals surface area contributed by atoms with Gasteiger partial charge >= 0.3 is 0 Å². The first-order chi connectivity index (χ1) is 6.74. The lowest BCUT2D eigenvalue weighted by atomic mass is 10.2. The fraction of sp³-hybridized carbons (Fsp3) is 0.167. The third-order valence-electron chi connectivity index (χ3n) is 1.70. The van der Waals surface area contributed by atoms with Crippen molar-refractivity contribution in [3.8, 4) is 17.6 Å². The largest absolute Gasteiger partial charge is 0.507 e. The second-order valence-corrected chi connectivity index (χ2v) is 2.84. The van der Waals surface area contributed by atoms with Crippen LogP contribution in [0.3, 0.4) is 0 Å². The summed E-state index contributed by atoms with van der Waals surface area (Å²) >= 11 is 0. The van der Waals surface area contributed by atoms with E-state index < -0.39 is 0 Å². The molecule has 0 spiro atoms. The van der Waals surface area contributed by atoms with Crippen molar-refractivity contribution in [1.29, 1.82) is 0 Å². The van der Waals surface area contributed by atoms with Crippen molar-refractivity contribution in [3.05, 3.63) is 41.5 Å². The summed E-state index contributed by atoms with van der Waals surface area (Å²) in [5.41, 5.74) is 1.38. The smallest absolute Gasteiger partial charge is 0.131 e. The summed E-state index contributed by atoms with van der Waals surface area (Å²) in [6, 6.07) is 6.90. The molecule has 0 radical (unpaired) electrons. The van der Waals surface area contributed by atoms with Crippen LogP contribution in [0.1, 0.15) is 12.5 Å². The second-order valence-electron chi connectivity index (χ2n) is 2.84. The lowest BCUT2D eigenvalue weighted by molar-refractivity contribution is 0.342. The van der Waals surface area contributed by atoms with Crippen LogP contribution in [0, 0.1) is 11.8 Å². The molecule has 1 rings (SSSR count). The van der Waals surface area contributed by atoms with Gasteiger partial charge in [-0.2, -0.15) is 0 Å². The molecule has 0 heterocycles. The Morgan fingerprint density at radius 2 is 2.14 bits per heavy atom. The SMILES string of the molecule is C/C(C#Cc1ccccc1O)=C\CO. The summed E-state index contributed by atoms with van der Waals surface area (Å²) in [5.74, 6) is 5.83. The van der Waals surface area contributed by atoms with Crippen molar-refractivity contribution in [2.45, 2.75) is 6.92 Å². The lowest BCUT2D eigenvalue weighted by Crippen LogP contribution is -1.78. The molecule has 0 bridgehead atoms. The summed E-state index contributed by atoms with van der Waals surface area (Å²) in [5, 5.41) is 18.0. The highest BCUT2D eigenvalue weighted by atomic mass is 16.3. The van der Waals surface area contributed by atoms with E-state index in [1.165, 1.54) is 0 Å². The first kappa shape index (κ1) is 10.4. The topological polar surface area (TPSA) is 40.5 Å². The highest BCUT2D eigenvalue weighted by Crippen LogP contribution is 2.13. The van der Waals surface area contributed by atoms with E-state index in [2.05, 4.69) is 11.8 Å². The molecule has 1 aromatic rings. The number of aliphatic hydroxyl groups is 1. The van der Waals surface area contributed by atoms with Gasteiger partial charge < -0.3 is 10.2 Å². The van der Waals surface area contributed by atoms with E-state index in [4.69, 9.17) is 5.11 Å². The molecule has 0 aromatic heterocycles. The molecule has 2 N–H and O–H groups in total. The van der Waals surface area contributed by atoms with Gasteiger partial charge in [0.25, 0.3) is 0 Å². The maximum Gasteiger partial charge on any atom is 0.131 e. The van der Waals surface area contributed by atoms with Crippen LogP contribution in [0.25, 0.3) is 0 Å². The van der Waals surface area contributed by atoms with Crippen LogP contribution in [-0.2, 0) is 0 Å². The monoisotopic (exact) mass is 188 g/mol. The minimum absolute atomic E-state index is 0.0126. The number of hydrogen-bond acceptors (Lipinski definition) is 2. The number of allylic oxidation sites excluding steroid dienone is 1. The van der Waals surface area contributed by atoms with Crippen LogP contribution in [0.2, 0.25) is 0 Å². The Morgan fingerprint density at radius 3 is 2.79 bits per heavy atom. The van der Waals surface area contributed by atoms with E-state index in [0.29, 0.717) is 5.56 Å². The number of phenolic OH excluding ortho intramolecular Hbond substituents is 1. The molecule has 2 nitrogen and oxygen atoms in total. The number of phenols is 1. The molecule has 72 valence electrons. The summed E-state index contributed by atoms with van der Waals surface area (Å²) < 4.78 is 0. The molecular formula is C12H12O2. The van der Waals surface area contributed by atoms with Crippen molar-refractivity contribution in [2.24, 2.45) is 0 Å². The molecule has 0 atom stereocenters. The van der Waals surface area contributed by atoms with Gasteiger partial charge in [0, 0.05) is 0 Å². The van der Waals surface area contributed by atoms with E-state index >= 15 is 0 Å². The molecule has 2 heteroatoms. The van der Waals surface area contributed by atoms with Crippen molar-refractivity contribution in [3.63, 3.8) is 0 Å². The summed E-state index contributed by atoms with van der Waals surface area (Å²) in [6.07, 6.45) is 1.62. The van der Waals surface area contributed by atoms with Gasteiger partial charge in [0.15, 0.2) is 0 Å². The normalized spacial score (nSPS) is 10.6. The zero-order valence-corrected chi connectivity index (χ0v) is 7.99. The minimum Gasteiger partial charge on any atom is -0.507 e. The number of benzene rings is 1. The van der Waals surface area contributed by atoms with E-state index in [0.717, 1.165) is 5.57 Å². The number of para-hydroxylation sites is 1. The highest BCUT2D eigenvalue weighted by Gasteiger charge is 1.92. The summed E-state index contributed by atoms with van der Waals surface area (Å²) in [4.78, 5) is 0. The first-order valence-corrected chi connectivity index (χ1v) is 4.31. The number of aromatic hydroxyl groups is 1. The van der Waals surface area contributed by atoms with Gasteiger partial charge in [-0.3, -0.25) is 0 Å². The van der Waals surface area contributed by atoms with Gasteiger partial charge in [-0.05, 0) is 30.7 Å². The molecular weight excluding hydrogens is 176 g/mol. The fourth-order valence-corrected chi connectivity index (χ4v) is 0.933. The van der Waals surface area contributed by atoms with Gasteiger partial charge in [0.1, 0.15) is 5.75 Å². The fourth-order valence-electron chi connectivity index (χ4n) is 0.933. The molecule has 0 aliphatic carbocycles.